The summed E-state index contributed by atoms with van der Waals surface area (Å²) in [6.07, 6.45) is 2.64. The summed E-state index contributed by atoms with van der Waals surface area (Å²) in [5, 5.41) is 0. The lowest BCUT2D eigenvalue weighted by molar-refractivity contribution is 0.321. The Bertz CT molecular complexity index is 634. The van der Waals surface area contributed by atoms with Gasteiger partial charge in [0.2, 0.25) is 5.75 Å². The monoisotopic (exact) mass is 292 g/mol. The van der Waals surface area contributed by atoms with Gasteiger partial charge in [0, 0.05) is 11.8 Å². The van der Waals surface area contributed by atoms with Gasteiger partial charge in [0.1, 0.15) is 5.82 Å². The summed E-state index contributed by atoms with van der Waals surface area (Å²) in [6, 6.07) is 4.23. The van der Waals surface area contributed by atoms with Gasteiger partial charge in [-0.1, -0.05) is 0 Å². The number of nitrogens with two attached hydrogens (primary N) is 1. The van der Waals surface area contributed by atoms with Crippen molar-refractivity contribution in [2.75, 3.05) is 21.3 Å². The topological polar surface area (TPSA) is 66.6 Å². The number of nitrogens with zero attached hydrogens (tertiary/aromatic N) is 1. The van der Waals surface area contributed by atoms with Crippen LogP contribution in [0.25, 0.3) is 0 Å². The van der Waals surface area contributed by atoms with Gasteiger partial charge in [-0.15, -0.1) is 0 Å². The fraction of sp³-hybridized carbons (Fsp3) is 0.267. The van der Waals surface area contributed by atoms with E-state index in [1.807, 2.05) is 0 Å². The zero-order chi connectivity index (χ0) is 15.4. The predicted octanol–water partition coefficient (Wildman–Crippen LogP) is 2.29. The standard InChI is InChI=1S/C15H17FN2O3/c1-19-12-5-4-11(14(20-2)15(12)21-3)13(17)9-6-10(16)8-18-7-9/h4-8,13H,17H2,1-3H3. The molecular formula is C15H17FN2O3. The number of hydrogen-bond donors (Lipinski definition) is 1. The van der Waals surface area contributed by atoms with Crippen molar-refractivity contribution in [3.05, 3.63) is 47.5 Å². The van der Waals surface area contributed by atoms with Gasteiger partial charge in [-0.25, -0.2) is 4.39 Å². The van der Waals surface area contributed by atoms with E-state index in [2.05, 4.69) is 4.98 Å². The molecule has 0 amide bonds. The second-order valence-electron chi connectivity index (χ2n) is 4.34. The van der Waals surface area contributed by atoms with Gasteiger partial charge in [-0.3, -0.25) is 4.98 Å². The smallest absolute Gasteiger partial charge is 0.203 e. The highest BCUT2D eigenvalue weighted by Crippen LogP contribution is 2.42. The lowest BCUT2D eigenvalue weighted by Crippen LogP contribution is -2.14. The van der Waals surface area contributed by atoms with Crippen molar-refractivity contribution in [3.63, 3.8) is 0 Å². The minimum Gasteiger partial charge on any atom is -0.493 e. The summed E-state index contributed by atoms with van der Waals surface area (Å²) in [5.74, 6) is 0.982. The van der Waals surface area contributed by atoms with Crippen LogP contribution in [-0.2, 0) is 0 Å². The van der Waals surface area contributed by atoms with E-state index >= 15 is 0 Å². The van der Waals surface area contributed by atoms with Crippen LogP contribution in [0.1, 0.15) is 17.2 Å². The molecule has 1 atom stereocenters. The maximum Gasteiger partial charge on any atom is 0.203 e. The highest BCUT2D eigenvalue weighted by molar-refractivity contribution is 5.57. The summed E-state index contributed by atoms with van der Waals surface area (Å²) in [4.78, 5) is 3.81. The van der Waals surface area contributed by atoms with E-state index in [0.717, 1.165) is 6.20 Å². The highest BCUT2D eigenvalue weighted by Gasteiger charge is 2.21. The van der Waals surface area contributed by atoms with Crippen LogP contribution < -0.4 is 19.9 Å². The summed E-state index contributed by atoms with van der Waals surface area (Å²) in [6.45, 7) is 0. The van der Waals surface area contributed by atoms with Crippen LogP contribution in [-0.4, -0.2) is 26.3 Å². The summed E-state index contributed by atoms with van der Waals surface area (Å²) >= 11 is 0. The third kappa shape index (κ3) is 2.90. The Hall–Kier alpha value is -2.34. The van der Waals surface area contributed by atoms with Crippen LogP contribution in [0.15, 0.2) is 30.6 Å². The lowest BCUT2D eigenvalue weighted by atomic mass is 9.99. The molecule has 0 aliphatic rings. The second-order valence-corrected chi connectivity index (χ2v) is 4.34. The number of aromatic nitrogens is 1. The average molecular weight is 292 g/mol. The van der Waals surface area contributed by atoms with E-state index in [4.69, 9.17) is 19.9 Å². The molecule has 6 heteroatoms. The van der Waals surface area contributed by atoms with E-state index < -0.39 is 11.9 Å². The molecule has 2 N–H and O–H groups in total. The molecule has 0 radical (unpaired) electrons. The van der Waals surface area contributed by atoms with Crippen LogP contribution in [0, 0.1) is 5.82 Å². The molecule has 5 nitrogen and oxygen atoms in total. The van der Waals surface area contributed by atoms with E-state index in [9.17, 15) is 4.39 Å². The zero-order valence-corrected chi connectivity index (χ0v) is 12.1. The highest BCUT2D eigenvalue weighted by atomic mass is 19.1. The van der Waals surface area contributed by atoms with Gasteiger partial charge in [-0.2, -0.15) is 0 Å². The lowest BCUT2D eigenvalue weighted by Gasteiger charge is -2.19. The van der Waals surface area contributed by atoms with Crippen LogP contribution in [0.5, 0.6) is 17.2 Å². The van der Waals surface area contributed by atoms with E-state index in [1.54, 1.807) is 12.1 Å². The van der Waals surface area contributed by atoms with Crippen LogP contribution in [0.4, 0.5) is 4.39 Å². The quantitative estimate of drug-likeness (QED) is 0.916. The summed E-state index contributed by atoms with van der Waals surface area (Å²) < 4.78 is 29.2. The fourth-order valence-corrected chi connectivity index (χ4v) is 2.15. The van der Waals surface area contributed by atoms with E-state index in [0.29, 0.717) is 28.4 Å². The fourth-order valence-electron chi connectivity index (χ4n) is 2.15. The zero-order valence-electron chi connectivity index (χ0n) is 12.1. The molecule has 1 unspecified atom stereocenters. The van der Waals surface area contributed by atoms with Crippen LogP contribution in [0.2, 0.25) is 0 Å². The number of hydrogen-bond acceptors (Lipinski definition) is 5. The SMILES string of the molecule is COc1ccc(C(N)c2cncc(F)c2)c(OC)c1OC. The van der Waals surface area contributed by atoms with Crippen molar-refractivity contribution >= 4 is 0 Å². The van der Waals surface area contributed by atoms with Crippen molar-refractivity contribution in [2.24, 2.45) is 5.73 Å². The summed E-state index contributed by atoms with van der Waals surface area (Å²) in [5.41, 5.74) is 7.39. The van der Waals surface area contributed by atoms with Crippen molar-refractivity contribution in [2.45, 2.75) is 6.04 Å². The molecule has 0 fully saturated rings. The Morgan fingerprint density at radius 3 is 2.33 bits per heavy atom. The Morgan fingerprint density at radius 1 is 1.05 bits per heavy atom. The molecule has 0 bridgehead atoms. The Balaban J connectivity index is 2.53. The number of ether oxygens (including phenoxy) is 3. The summed E-state index contributed by atoms with van der Waals surface area (Å²) in [7, 11) is 4.56. The molecule has 2 rings (SSSR count). The number of benzene rings is 1. The molecule has 21 heavy (non-hydrogen) atoms. The first kappa shape index (κ1) is 15.1. The first-order chi connectivity index (χ1) is 10.1. The molecule has 0 saturated carbocycles. The van der Waals surface area contributed by atoms with Crippen LogP contribution >= 0.6 is 0 Å². The third-order valence-corrected chi connectivity index (χ3v) is 3.15. The molecule has 0 saturated heterocycles. The van der Waals surface area contributed by atoms with Crippen molar-refractivity contribution < 1.29 is 18.6 Å². The largest absolute Gasteiger partial charge is 0.493 e. The first-order valence-electron chi connectivity index (χ1n) is 6.27. The average Bonchev–Trinajstić information content (AvgIpc) is 2.52. The van der Waals surface area contributed by atoms with Gasteiger partial charge < -0.3 is 19.9 Å². The van der Waals surface area contributed by atoms with E-state index in [1.165, 1.54) is 33.6 Å². The van der Waals surface area contributed by atoms with Gasteiger partial charge >= 0.3 is 0 Å². The normalized spacial score (nSPS) is 11.9. The maximum atomic E-state index is 13.3. The van der Waals surface area contributed by atoms with Gasteiger partial charge in [-0.05, 0) is 23.8 Å². The third-order valence-electron chi connectivity index (χ3n) is 3.15. The van der Waals surface area contributed by atoms with Gasteiger partial charge in [0.25, 0.3) is 0 Å². The molecule has 1 aromatic carbocycles. The van der Waals surface area contributed by atoms with E-state index in [-0.39, 0.29) is 0 Å². The number of rotatable bonds is 5. The number of pyridine rings is 1. The molecular weight excluding hydrogens is 275 g/mol. The Labute approximate surface area is 122 Å². The Kier molecular flexibility index (Phi) is 4.59. The number of methoxy groups -OCH3 is 3. The molecule has 0 aliphatic heterocycles. The Morgan fingerprint density at radius 2 is 1.76 bits per heavy atom. The van der Waals surface area contributed by atoms with Crippen molar-refractivity contribution in [1.29, 1.82) is 0 Å². The molecule has 1 aromatic heterocycles. The predicted molar refractivity (Wildman–Crippen MR) is 76.3 cm³/mol. The van der Waals surface area contributed by atoms with Gasteiger partial charge in [0.05, 0.1) is 33.6 Å². The minimum absolute atomic E-state index is 0.442. The molecule has 0 spiro atoms. The molecule has 1 heterocycles. The van der Waals surface area contributed by atoms with Crippen molar-refractivity contribution in [1.82, 2.24) is 4.98 Å². The second kappa shape index (κ2) is 6.41. The minimum atomic E-state index is -0.594. The first-order valence-corrected chi connectivity index (χ1v) is 6.27. The maximum absolute atomic E-state index is 13.3. The molecule has 112 valence electrons. The molecule has 0 aliphatic carbocycles. The number of halogens is 1. The van der Waals surface area contributed by atoms with Gasteiger partial charge in [0.15, 0.2) is 11.5 Å². The molecule has 2 aromatic rings. The van der Waals surface area contributed by atoms with Crippen LogP contribution in [0.3, 0.4) is 0 Å². The van der Waals surface area contributed by atoms with Crippen molar-refractivity contribution in [3.8, 4) is 17.2 Å².